The van der Waals surface area contributed by atoms with E-state index in [1.54, 1.807) is 19.0 Å². The number of carbonyl (C=O) groups excluding carboxylic acids is 1. The normalized spacial score (nSPS) is 22.3. The van der Waals surface area contributed by atoms with Gasteiger partial charge in [0.2, 0.25) is 5.91 Å². The molecular formula is C16H24N2O. The van der Waals surface area contributed by atoms with E-state index >= 15 is 0 Å². The van der Waals surface area contributed by atoms with Gasteiger partial charge in [0.25, 0.3) is 0 Å². The van der Waals surface area contributed by atoms with Gasteiger partial charge >= 0.3 is 0 Å². The molecule has 0 heterocycles. The first kappa shape index (κ1) is 13.9. The fourth-order valence-corrected chi connectivity index (χ4v) is 2.69. The topological polar surface area (TPSA) is 32.3 Å². The number of nitrogens with zero attached hydrogens (tertiary/aromatic N) is 1. The molecule has 1 aromatic carbocycles. The lowest BCUT2D eigenvalue weighted by atomic mass is 10.1. The minimum Gasteiger partial charge on any atom is -0.382 e. The van der Waals surface area contributed by atoms with Crippen molar-refractivity contribution in [3.8, 4) is 0 Å². The number of para-hydroxylation sites is 1. The average molecular weight is 260 g/mol. The molecule has 104 valence electrons. The van der Waals surface area contributed by atoms with E-state index in [-0.39, 0.29) is 5.91 Å². The number of likely N-dealkylation sites (N-methyl/N-ethyl adjacent to an activating group) is 1. The molecule has 0 saturated heterocycles. The average Bonchev–Trinajstić information content (AvgIpc) is 2.77. The van der Waals surface area contributed by atoms with E-state index < -0.39 is 0 Å². The molecule has 1 aromatic rings. The Kier molecular flexibility index (Phi) is 4.46. The van der Waals surface area contributed by atoms with Crippen LogP contribution < -0.4 is 5.32 Å². The summed E-state index contributed by atoms with van der Waals surface area (Å²) in [6, 6.07) is 8.72. The molecule has 2 rings (SSSR count). The largest absolute Gasteiger partial charge is 0.382 e. The molecule has 0 radical (unpaired) electrons. The van der Waals surface area contributed by atoms with Crippen LogP contribution in [0.4, 0.5) is 5.69 Å². The zero-order valence-electron chi connectivity index (χ0n) is 12.1. The van der Waals surface area contributed by atoms with Gasteiger partial charge in [0.15, 0.2) is 0 Å². The molecule has 1 N–H and O–H groups in total. The third kappa shape index (κ3) is 3.72. The molecule has 0 spiro atoms. The highest BCUT2D eigenvalue weighted by Crippen LogP contribution is 2.28. The van der Waals surface area contributed by atoms with Gasteiger partial charge in [-0.2, -0.15) is 0 Å². The molecule has 19 heavy (non-hydrogen) atoms. The molecule has 0 unspecified atom stereocenters. The third-order valence-electron chi connectivity index (χ3n) is 3.91. The molecule has 1 amide bonds. The second kappa shape index (κ2) is 6.09. The molecule has 0 aromatic heterocycles. The Balaban J connectivity index is 2.05. The van der Waals surface area contributed by atoms with Gasteiger partial charge in [-0.1, -0.05) is 25.1 Å². The number of rotatable bonds is 4. The van der Waals surface area contributed by atoms with Crippen molar-refractivity contribution in [1.29, 1.82) is 0 Å². The Hall–Kier alpha value is -1.51. The molecule has 1 aliphatic carbocycles. The number of carbonyl (C=O) groups is 1. The van der Waals surface area contributed by atoms with E-state index in [4.69, 9.17) is 0 Å². The Morgan fingerprint density at radius 2 is 2.05 bits per heavy atom. The molecule has 0 bridgehead atoms. The van der Waals surface area contributed by atoms with E-state index in [1.165, 1.54) is 19.3 Å². The number of anilines is 1. The van der Waals surface area contributed by atoms with Crippen LogP contribution in [0.5, 0.6) is 0 Å². The first-order valence-electron chi connectivity index (χ1n) is 7.11. The van der Waals surface area contributed by atoms with Crippen molar-refractivity contribution in [2.75, 3.05) is 19.4 Å². The van der Waals surface area contributed by atoms with Crippen LogP contribution in [0.15, 0.2) is 24.3 Å². The summed E-state index contributed by atoms with van der Waals surface area (Å²) in [5, 5.41) is 3.61. The molecule has 3 heteroatoms. The maximum Gasteiger partial charge on any atom is 0.226 e. The molecule has 1 saturated carbocycles. The zero-order valence-corrected chi connectivity index (χ0v) is 12.1. The number of nitrogens with one attached hydrogen (secondary N) is 1. The summed E-state index contributed by atoms with van der Waals surface area (Å²) in [5.74, 6) is 0.960. The predicted octanol–water partition coefficient (Wildman–Crippen LogP) is 2.92. The maximum absolute atomic E-state index is 11.9. The van der Waals surface area contributed by atoms with Gasteiger partial charge in [-0.25, -0.2) is 0 Å². The monoisotopic (exact) mass is 260 g/mol. The van der Waals surface area contributed by atoms with Crippen molar-refractivity contribution in [3.05, 3.63) is 29.8 Å². The van der Waals surface area contributed by atoms with Gasteiger partial charge in [-0.3, -0.25) is 4.79 Å². The van der Waals surface area contributed by atoms with E-state index in [1.807, 2.05) is 18.2 Å². The third-order valence-corrected chi connectivity index (χ3v) is 3.91. The minimum atomic E-state index is 0.147. The second-order valence-electron chi connectivity index (χ2n) is 5.88. The van der Waals surface area contributed by atoms with E-state index in [2.05, 4.69) is 18.3 Å². The van der Waals surface area contributed by atoms with Crippen LogP contribution in [0.3, 0.4) is 0 Å². The Labute approximate surface area is 116 Å². The SMILES string of the molecule is C[C@@H]1CC[C@H](Nc2ccccc2CC(=O)N(C)C)C1. The maximum atomic E-state index is 11.9. The van der Waals surface area contributed by atoms with Crippen molar-refractivity contribution >= 4 is 11.6 Å². The molecule has 2 atom stereocenters. The van der Waals surface area contributed by atoms with Crippen LogP contribution in [-0.4, -0.2) is 30.9 Å². The molecule has 1 aliphatic rings. The first-order valence-corrected chi connectivity index (χ1v) is 7.11. The zero-order chi connectivity index (χ0) is 13.8. The van der Waals surface area contributed by atoms with Crippen molar-refractivity contribution in [2.45, 2.75) is 38.6 Å². The Morgan fingerprint density at radius 3 is 2.68 bits per heavy atom. The van der Waals surface area contributed by atoms with Crippen LogP contribution in [0.1, 0.15) is 31.7 Å². The summed E-state index contributed by atoms with van der Waals surface area (Å²) < 4.78 is 0. The summed E-state index contributed by atoms with van der Waals surface area (Å²) in [6.45, 7) is 2.31. The fourth-order valence-electron chi connectivity index (χ4n) is 2.69. The highest BCUT2D eigenvalue weighted by molar-refractivity contribution is 5.80. The van der Waals surface area contributed by atoms with Gasteiger partial charge in [-0.15, -0.1) is 0 Å². The van der Waals surface area contributed by atoms with E-state index in [9.17, 15) is 4.79 Å². The van der Waals surface area contributed by atoms with Crippen LogP contribution in [-0.2, 0) is 11.2 Å². The van der Waals surface area contributed by atoms with Crippen molar-refractivity contribution in [3.63, 3.8) is 0 Å². The number of amides is 1. The van der Waals surface area contributed by atoms with Crippen molar-refractivity contribution < 1.29 is 4.79 Å². The van der Waals surface area contributed by atoms with Crippen molar-refractivity contribution in [2.24, 2.45) is 5.92 Å². The van der Waals surface area contributed by atoms with E-state index in [0.29, 0.717) is 12.5 Å². The predicted molar refractivity (Wildman–Crippen MR) is 79.3 cm³/mol. The van der Waals surface area contributed by atoms with E-state index in [0.717, 1.165) is 17.2 Å². The van der Waals surface area contributed by atoms with Gasteiger partial charge in [0, 0.05) is 25.8 Å². The van der Waals surface area contributed by atoms with Crippen LogP contribution in [0, 0.1) is 5.92 Å². The quantitative estimate of drug-likeness (QED) is 0.902. The number of hydrogen-bond acceptors (Lipinski definition) is 2. The number of hydrogen-bond donors (Lipinski definition) is 1. The standard InChI is InChI=1S/C16H24N2O/c1-12-8-9-14(10-12)17-15-7-5-4-6-13(15)11-16(19)18(2)3/h4-7,12,14,17H,8-11H2,1-3H3/t12-,14+/m1/s1. The lowest BCUT2D eigenvalue weighted by Gasteiger charge is -2.18. The summed E-state index contributed by atoms with van der Waals surface area (Å²) in [7, 11) is 3.61. The van der Waals surface area contributed by atoms with Crippen LogP contribution >= 0.6 is 0 Å². The molecule has 3 nitrogen and oxygen atoms in total. The molecular weight excluding hydrogens is 236 g/mol. The van der Waals surface area contributed by atoms with Gasteiger partial charge in [0.1, 0.15) is 0 Å². The van der Waals surface area contributed by atoms with Gasteiger partial charge in [-0.05, 0) is 36.8 Å². The first-order chi connectivity index (χ1) is 9.06. The smallest absolute Gasteiger partial charge is 0.226 e. The van der Waals surface area contributed by atoms with Crippen LogP contribution in [0.25, 0.3) is 0 Å². The summed E-state index contributed by atoms with van der Waals surface area (Å²) in [4.78, 5) is 13.5. The number of benzene rings is 1. The second-order valence-corrected chi connectivity index (χ2v) is 5.88. The Bertz CT molecular complexity index is 442. The van der Waals surface area contributed by atoms with Crippen molar-refractivity contribution in [1.82, 2.24) is 4.90 Å². The Morgan fingerprint density at radius 1 is 1.32 bits per heavy atom. The highest BCUT2D eigenvalue weighted by Gasteiger charge is 2.21. The summed E-state index contributed by atoms with van der Waals surface area (Å²) in [5.41, 5.74) is 2.22. The van der Waals surface area contributed by atoms with Gasteiger partial charge < -0.3 is 10.2 Å². The minimum absolute atomic E-state index is 0.147. The fraction of sp³-hybridized carbons (Fsp3) is 0.562. The van der Waals surface area contributed by atoms with Gasteiger partial charge in [0.05, 0.1) is 6.42 Å². The molecule has 1 fully saturated rings. The highest BCUT2D eigenvalue weighted by atomic mass is 16.2. The molecule has 0 aliphatic heterocycles. The summed E-state index contributed by atoms with van der Waals surface area (Å²) >= 11 is 0. The van der Waals surface area contributed by atoms with Crippen LogP contribution in [0.2, 0.25) is 0 Å². The lowest BCUT2D eigenvalue weighted by molar-refractivity contribution is -0.127. The summed E-state index contributed by atoms with van der Waals surface area (Å²) in [6.07, 6.45) is 4.24. The lowest BCUT2D eigenvalue weighted by Crippen LogP contribution is -2.24.